The fraction of sp³-hybridized carbons (Fsp3) is 0.583. The quantitative estimate of drug-likeness (QED) is 0.713. The second-order valence-corrected chi connectivity index (χ2v) is 4.42. The van der Waals surface area contributed by atoms with Crippen LogP contribution in [0.4, 0.5) is 0 Å². The number of carbonyl (C=O) groups excluding carboxylic acids is 2. The molecule has 0 bridgehead atoms. The van der Waals surface area contributed by atoms with Gasteiger partial charge in [-0.15, -0.1) is 5.10 Å². The Morgan fingerprint density at radius 2 is 1.90 bits per heavy atom. The molecule has 2 amide bonds. The van der Waals surface area contributed by atoms with Crippen molar-refractivity contribution in [3.8, 4) is 0 Å². The molecule has 1 N–H and O–H groups in total. The maximum atomic E-state index is 12.1. The van der Waals surface area contributed by atoms with Gasteiger partial charge in [-0.25, -0.2) is 4.68 Å². The van der Waals surface area contributed by atoms with Gasteiger partial charge in [-0.2, -0.15) is 0 Å². The van der Waals surface area contributed by atoms with E-state index in [2.05, 4.69) is 10.3 Å². The predicted molar refractivity (Wildman–Crippen MR) is 72.5 cm³/mol. The molecule has 1 heterocycles. The molecule has 21 heavy (non-hydrogen) atoms. The summed E-state index contributed by atoms with van der Waals surface area (Å²) in [5.41, 5.74) is 0.00565. The van der Waals surface area contributed by atoms with Crippen molar-refractivity contribution in [3.05, 3.63) is 11.9 Å². The van der Waals surface area contributed by atoms with Crippen molar-refractivity contribution in [2.75, 3.05) is 26.7 Å². The Labute approximate surface area is 122 Å². The Hall–Kier alpha value is -2.45. The molecule has 0 aliphatic carbocycles. The van der Waals surface area contributed by atoms with E-state index in [1.807, 2.05) is 13.8 Å². The van der Waals surface area contributed by atoms with Crippen molar-refractivity contribution in [2.45, 2.75) is 20.4 Å². The summed E-state index contributed by atoms with van der Waals surface area (Å²) in [7, 11) is 1.49. The molecule has 0 spiro atoms. The molecule has 0 radical (unpaired) electrons. The van der Waals surface area contributed by atoms with Crippen LogP contribution in [0, 0.1) is 0 Å². The number of aliphatic carboxylic acids is 1. The largest absolute Gasteiger partial charge is 0.480 e. The lowest BCUT2D eigenvalue weighted by molar-refractivity contribution is -0.138. The van der Waals surface area contributed by atoms with Crippen molar-refractivity contribution in [3.63, 3.8) is 0 Å². The molecular formula is C12H19N5O4. The molecule has 0 aliphatic heterocycles. The van der Waals surface area contributed by atoms with Crippen LogP contribution < -0.4 is 0 Å². The average Bonchev–Trinajstić information content (AvgIpc) is 2.86. The lowest BCUT2D eigenvalue weighted by Crippen LogP contribution is -2.41. The highest BCUT2D eigenvalue weighted by atomic mass is 16.4. The summed E-state index contributed by atoms with van der Waals surface area (Å²) >= 11 is 0. The van der Waals surface area contributed by atoms with Gasteiger partial charge in [0.25, 0.3) is 5.91 Å². The van der Waals surface area contributed by atoms with Crippen molar-refractivity contribution < 1.29 is 19.5 Å². The lowest BCUT2D eigenvalue weighted by Gasteiger charge is -2.22. The van der Waals surface area contributed by atoms with E-state index in [9.17, 15) is 14.4 Å². The van der Waals surface area contributed by atoms with Crippen LogP contribution in [0.25, 0.3) is 0 Å². The van der Waals surface area contributed by atoms with Crippen molar-refractivity contribution in [2.24, 2.45) is 0 Å². The van der Waals surface area contributed by atoms with E-state index in [4.69, 9.17) is 5.11 Å². The normalized spacial score (nSPS) is 10.2. The molecule has 9 heteroatoms. The summed E-state index contributed by atoms with van der Waals surface area (Å²) in [6.07, 6.45) is 1.24. The minimum absolute atomic E-state index is 0.00565. The van der Waals surface area contributed by atoms with Crippen molar-refractivity contribution in [1.29, 1.82) is 0 Å². The molecule has 9 nitrogen and oxygen atoms in total. The molecule has 1 aromatic heterocycles. The van der Waals surface area contributed by atoms with Crippen LogP contribution >= 0.6 is 0 Å². The Morgan fingerprint density at radius 1 is 1.29 bits per heavy atom. The number of rotatable bonds is 7. The summed E-state index contributed by atoms with van der Waals surface area (Å²) in [5.74, 6) is -1.72. The monoisotopic (exact) mass is 297 g/mol. The maximum absolute atomic E-state index is 12.1. The number of likely N-dealkylation sites (N-methyl/N-ethyl adjacent to an activating group) is 2. The van der Waals surface area contributed by atoms with Crippen LogP contribution in [0.5, 0.6) is 0 Å². The molecule has 116 valence electrons. The van der Waals surface area contributed by atoms with Crippen molar-refractivity contribution >= 4 is 17.8 Å². The van der Waals surface area contributed by atoms with E-state index in [1.54, 1.807) is 4.90 Å². The fourth-order valence-corrected chi connectivity index (χ4v) is 1.76. The molecule has 0 fully saturated rings. The van der Waals surface area contributed by atoms with E-state index in [0.717, 1.165) is 4.68 Å². The van der Waals surface area contributed by atoms with Gasteiger partial charge >= 0.3 is 5.97 Å². The van der Waals surface area contributed by atoms with Crippen LogP contribution in [0.1, 0.15) is 24.3 Å². The van der Waals surface area contributed by atoms with Crippen molar-refractivity contribution in [1.82, 2.24) is 24.8 Å². The summed E-state index contributed by atoms with van der Waals surface area (Å²) in [6.45, 7) is 4.44. The zero-order valence-corrected chi connectivity index (χ0v) is 12.3. The van der Waals surface area contributed by atoms with Crippen LogP contribution in [0.15, 0.2) is 6.20 Å². The van der Waals surface area contributed by atoms with E-state index in [1.165, 1.54) is 18.1 Å². The third-order valence-electron chi connectivity index (χ3n) is 2.89. The number of carboxylic acids is 1. The average molecular weight is 297 g/mol. The first kappa shape index (κ1) is 16.6. The number of hydrogen-bond donors (Lipinski definition) is 1. The minimum Gasteiger partial charge on any atom is -0.480 e. The first-order valence-electron chi connectivity index (χ1n) is 6.54. The summed E-state index contributed by atoms with van der Waals surface area (Å²) < 4.78 is 1.05. The van der Waals surface area contributed by atoms with E-state index in [0.29, 0.717) is 13.1 Å². The molecular weight excluding hydrogens is 278 g/mol. The summed E-state index contributed by atoms with van der Waals surface area (Å²) in [5, 5.41) is 15.8. The molecule has 0 saturated carbocycles. The highest BCUT2D eigenvalue weighted by molar-refractivity contribution is 5.94. The topological polar surface area (TPSA) is 109 Å². The zero-order valence-electron chi connectivity index (χ0n) is 12.3. The molecule has 0 aliphatic rings. The fourth-order valence-electron chi connectivity index (χ4n) is 1.76. The highest BCUT2D eigenvalue weighted by Crippen LogP contribution is 2.01. The smallest absolute Gasteiger partial charge is 0.325 e. The van der Waals surface area contributed by atoms with Gasteiger partial charge in [0.15, 0.2) is 5.69 Å². The number of carboxylic acid groups (broad SMARTS) is 1. The number of nitrogens with zero attached hydrogens (tertiary/aromatic N) is 5. The second kappa shape index (κ2) is 7.36. The number of amides is 2. The first-order valence-corrected chi connectivity index (χ1v) is 6.54. The van der Waals surface area contributed by atoms with Gasteiger partial charge in [0.1, 0.15) is 6.54 Å². The van der Waals surface area contributed by atoms with Gasteiger partial charge in [-0.3, -0.25) is 14.4 Å². The number of hydrogen-bond acceptors (Lipinski definition) is 5. The van der Waals surface area contributed by atoms with E-state index >= 15 is 0 Å². The Bertz CT molecular complexity index is 523. The third kappa shape index (κ3) is 4.55. The van der Waals surface area contributed by atoms with Gasteiger partial charge < -0.3 is 14.9 Å². The minimum atomic E-state index is -1.08. The van der Waals surface area contributed by atoms with Gasteiger partial charge in [0, 0.05) is 20.1 Å². The predicted octanol–water partition coefficient (Wildman–Crippen LogP) is -0.697. The molecule has 0 atom stereocenters. The maximum Gasteiger partial charge on any atom is 0.325 e. The Balaban J connectivity index is 2.67. The van der Waals surface area contributed by atoms with E-state index < -0.39 is 11.9 Å². The zero-order chi connectivity index (χ0) is 16.0. The summed E-state index contributed by atoms with van der Waals surface area (Å²) in [6, 6.07) is 0. The molecule has 0 unspecified atom stereocenters. The van der Waals surface area contributed by atoms with Crippen LogP contribution in [0.2, 0.25) is 0 Å². The molecule has 1 aromatic rings. The van der Waals surface area contributed by atoms with Gasteiger partial charge in [0.05, 0.1) is 12.7 Å². The van der Waals surface area contributed by atoms with Crippen LogP contribution in [0.3, 0.4) is 0 Å². The van der Waals surface area contributed by atoms with Gasteiger partial charge in [-0.1, -0.05) is 5.21 Å². The molecule has 0 saturated heterocycles. The highest BCUT2D eigenvalue weighted by Gasteiger charge is 2.20. The van der Waals surface area contributed by atoms with E-state index in [-0.39, 0.29) is 24.7 Å². The summed E-state index contributed by atoms with van der Waals surface area (Å²) in [4.78, 5) is 37.4. The third-order valence-corrected chi connectivity index (χ3v) is 2.89. The first-order chi connectivity index (χ1) is 9.88. The molecule has 1 rings (SSSR count). The van der Waals surface area contributed by atoms with Crippen LogP contribution in [-0.4, -0.2) is 74.4 Å². The Kier molecular flexibility index (Phi) is 5.82. The Morgan fingerprint density at radius 3 is 2.43 bits per heavy atom. The van der Waals surface area contributed by atoms with Gasteiger partial charge in [-0.05, 0) is 13.8 Å². The second-order valence-electron chi connectivity index (χ2n) is 4.42. The number of carbonyl (C=O) groups is 3. The standard InChI is InChI=1S/C12H19N5O4/c1-4-16(5-2)10(18)7-15(3)12(21)9-6-17(14-13-9)8-11(19)20/h6H,4-5,7-8H2,1-3H3,(H,19,20). The number of aromatic nitrogens is 3. The van der Waals surface area contributed by atoms with Gasteiger partial charge in [0.2, 0.25) is 5.91 Å². The molecule has 0 aromatic carbocycles. The van der Waals surface area contributed by atoms with Crippen LogP contribution in [-0.2, 0) is 16.1 Å². The lowest BCUT2D eigenvalue weighted by atomic mass is 10.3. The SMILES string of the molecule is CCN(CC)C(=O)CN(C)C(=O)c1cn(CC(=O)O)nn1.